The minimum absolute atomic E-state index is 0.287. The molecule has 0 aromatic carbocycles. The summed E-state index contributed by atoms with van der Waals surface area (Å²) in [4.78, 5) is 21.8. The zero-order chi connectivity index (χ0) is 10.1. The van der Waals surface area contributed by atoms with Gasteiger partial charge in [-0.25, -0.2) is 0 Å². The molecule has 0 aromatic rings. The molecule has 1 rings (SSSR count). The summed E-state index contributed by atoms with van der Waals surface area (Å²) in [5.74, 6) is -1.28. The summed E-state index contributed by atoms with van der Waals surface area (Å²) >= 11 is 0. The van der Waals surface area contributed by atoms with E-state index in [9.17, 15) is 9.59 Å². The first-order valence-corrected chi connectivity index (χ1v) is 4.04. The predicted octanol–water partition coefficient (Wildman–Crippen LogP) is -0.388. The number of carbonyl (C=O) groups is 2. The van der Waals surface area contributed by atoms with Gasteiger partial charge in [0, 0.05) is 6.54 Å². The zero-order valence-electron chi connectivity index (χ0n) is 7.66. The number of hydrogen-bond donors (Lipinski definition) is 2. The molecular weight excluding hydrogens is 174 g/mol. The van der Waals surface area contributed by atoms with Gasteiger partial charge in [-0.05, 0) is 13.3 Å². The molecule has 1 fully saturated rings. The second-order valence-electron chi connectivity index (χ2n) is 3.53. The standard InChI is InChI=1S/C8H13NO4/c1-8(7(12)13-2)3-5(6(10)11)9-4-8/h5,9H,3-4H2,1-2H3,(H,10,11)/t5-,8-/m1/s1. The van der Waals surface area contributed by atoms with Crippen LogP contribution in [0.1, 0.15) is 13.3 Å². The maximum Gasteiger partial charge on any atom is 0.320 e. The van der Waals surface area contributed by atoms with E-state index in [1.807, 2.05) is 0 Å². The van der Waals surface area contributed by atoms with Crippen LogP contribution in [-0.4, -0.2) is 36.7 Å². The van der Waals surface area contributed by atoms with Crippen molar-refractivity contribution in [1.29, 1.82) is 0 Å². The van der Waals surface area contributed by atoms with Crippen LogP contribution in [0.3, 0.4) is 0 Å². The smallest absolute Gasteiger partial charge is 0.320 e. The van der Waals surface area contributed by atoms with Crippen LogP contribution in [0.2, 0.25) is 0 Å². The second-order valence-corrected chi connectivity index (χ2v) is 3.53. The third kappa shape index (κ3) is 1.80. The van der Waals surface area contributed by atoms with Crippen molar-refractivity contribution < 1.29 is 19.4 Å². The Morgan fingerprint density at radius 3 is 2.62 bits per heavy atom. The monoisotopic (exact) mass is 187 g/mol. The molecule has 0 unspecified atom stereocenters. The molecule has 2 N–H and O–H groups in total. The minimum atomic E-state index is -0.923. The van der Waals surface area contributed by atoms with E-state index in [-0.39, 0.29) is 12.4 Å². The lowest BCUT2D eigenvalue weighted by molar-refractivity contribution is -0.150. The topological polar surface area (TPSA) is 75.6 Å². The van der Waals surface area contributed by atoms with Crippen molar-refractivity contribution in [2.45, 2.75) is 19.4 Å². The van der Waals surface area contributed by atoms with E-state index in [1.165, 1.54) is 7.11 Å². The maximum absolute atomic E-state index is 11.2. The number of rotatable bonds is 2. The van der Waals surface area contributed by atoms with Gasteiger partial charge in [0.05, 0.1) is 12.5 Å². The molecule has 0 saturated carbocycles. The molecule has 0 bridgehead atoms. The van der Waals surface area contributed by atoms with Gasteiger partial charge in [0.2, 0.25) is 0 Å². The summed E-state index contributed by atoms with van der Waals surface area (Å²) in [6.45, 7) is 2.06. The Labute approximate surface area is 76.1 Å². The van der Waals surface area contributed by atoms with Crippen LogP contribution in [0.5, 0.6) is 0 Å². The molecule has 5 nitrogen and oxygen atoms in total. The van der Waals surface area contributed by atoms with Crippen LogP contribution < -0.4 is 5.32 Å². The van der Waals surface area contributed by atoms with Gasteiger partial charge in [-0.1, -0.05) is 0 Å². The van der Waals surface area contributed by atoms with E-state index in [4.69, 9.17) is 5.11 Å². The lowest BCUT2D eigenvalue weighted by atomic mass is 9.88. The molecule has 13 heavy (non-hydrogen) atoms. The average Bonchev–Trinajstić information content (AvgIpc) is 2.48. The number of methoxy groups -OCH3 is 1. The quantitative estimate of drug-likeness (QED) is 0.576. The number of carboxylic acid groups (broad SMARTS) is 1. The Morgan fingerprint density at radius 1 is 1.62 bits per heavy atom. The summed E-state index contributed by atoms with van der Waals surface area (Å²) < 4.78 is 4.59. The molecule has 0 amide bonds. The fourth-order valence-electron chi connectivity index (χ4n) is 1.52. The van der Waals surface area contributed by atoms with Crippen molar-refractivity contribution in [2.24, 2.45) is 5.41 Å². The summed E-state index contributed by atoms with van der Waals surface area (Å²) in [7, 11) is 1.31. The summed E-state index contributed by atoms with van der Waals surface area (Å²) in [6, 6.07) is -0.635. The highest BCUT2D eigenvalue weighted by Gasteiger charge is 2.44. The van der Waals surface area contributed by atoms with Gasteiger partial charge in [-0.2, -0.15) is 0 Å². The Morgan fingerprint density at radius 2 is 2.23 bits per heavy atom. The van der Waals surface area contributed by atoms with Crippen molar-refractivity contribution in [3.63, 3.8) is 0 Å². The highest BCUT2D eigenvalue weighted by molar-refractivity contribution is 5.81. The van der Waals surface area contributed by atoms with Crippen molar-refractivity contribution in [3.05, 3.63) is 0 Å². The second kappa shape index (κ2) is 3.33. The summed E-state index contributed by atoms with van der Waals surface area (Å²) in [5, 5.41) is 11.4. The fraction of sp³-hybridized carbons (Fsp3) is 0.750. The maximum atomic E-state index is 11.2. The van der Waals surface area contributed by atoms with E-state index in [1.54, 1.807) is 6.92 Å². The van der Waals surface area contributed by atoms with Crippen LogP contribution in [-0.2, 0) is 14.3 Å². The number of hydrogen-bond acceptors (Lipinski definition) is 4. The molecule has 0 aromatic heterocycles. The molecule has 2 atom stereocenters. The molecule has 0 spiro atoms. The molecule has 0 aliphatic carbocycles. The molecular formula is C8H13NO4. The SMILES string of the molecule is COC(=O)[C@@]1(C)CN[C@@H](C(=O)O)C1. The summed E-state index contributed by atoms with van der Waals surface area (Å²) in [6.07, 6.45) is 0.287. The zero-order valence-corrected chi connectivity index (χ0v) is 7.66. The van der Waals surface area contributed by atoms with Crippen molar-refractivity contribution in [1.82, 2.24) is 5.32 Å². The van der Waals surface area contributed by atoms with E-state index in [2.05, 4.69) is 10.1 Å². The van der Waals surface area contributed by atoms with Crippen LogP contribution in [0.25, 0.3) is 0 Å². The number of carbonyl (C=O) groups excluding carboxylic acids is 1. The molecule has 1 saturated heterocycles. The van der Waals surface area contributed by atoms with Gasteiger partial charge in [0.25, 0.3) is 0 Å². The average molecular weight is 187 g/mol. The predicted molar refractivity (Wildman–Crippen MR) is 44.2 cm³/mol. The first-order chi connectivity index (χ1) is 5.99. The van der Waals surface area contributed by atoms with Crippen molar-refractivity contribution in [2.75, 3.05) is 13.7 Å². The van der Waals surface area contributed by atoms with Crippen molar-refractivity contribution >= 4 is 11.9 Å². The van der Waals surface area contributed by atoms with Gasteiger partial charge in [0.1, 0.15) is 6.04 Å². The normalized spacial score (nSPS) is 32.9. The van der Waals surface area contributed by atoms with E-state index in [0.29, 0.717) is 6.54 Å². The molecule has 1 heterocycles. The largest absolute Gasteiger partial charge is 0.480 e. The number of aliphatic carboxylic acids is 1. The number of carboxylic acids is 1. The minimum Gasteiger partial charge on any atom is -0.480 e. The fourth-order valence-corrected chi connectivity index (χ4v) is 1.52. The van der Waals surface area contributed by atoms with Gasteiger partial charge < -0.3 is 15.2 Å². The van der Waals surface area contributed by atoms with E-state index in [0.717, 1.165) is 0 Å². The highest BCUT2D eigenvalue weighted by atomic mass is 16.5. The first kappa shape index (κ1) is 9.98. The molecule has 1 aliphatic heterocycles. The van der Waals surface area contributed by atoms with Gasteiger partial charge in [-0.15, -0.1) is 0 Å². The third-order valence-corrected chi connectivity index (χ3v) is 2.37. The van der Waals surface area contributed by atoms with Crippen LogP contribution in [0, 0.1) is 5.41 Å². The molecule has 74 valence electrons. The number of nitrogens with one attached hydrogen (secondary N) is 1. The van der Waals surface area contributed by atoms with Crippen LogP contribution >= 0.6 is 0 Å². The molecule has 1 aliphatic rings. The van der Waals surface area contributed by atoms with Gasteiger partial charge in [0.15, 0.2) is 0 Å². The van der Waals surface area contributed by atoms with E-state index < -0.39 is 17.4 Å². The van der Waals surface area contributed by atoms with Crippen LogP contribution in [0.15, 0.2) is 0 Å². The first-order valence-electron chi connectivity index (χ1n) is 4.04. The van der Waals surface area contributed by atoms with Gasteiger partial charge >= 0.3 is 11.9 Å². The third-order valence-electron chi connectivity index (χ3n) is 2.37. The Bertz CT molecular complexity index is 240. The van der Waals surface area contributed by atoms with E-state index >= 15 is 0 Å². The van der Waals surface area contributed by atoms with Crippen LogP contribution in [0.4, 0.5) is 0 Å². The lowest BCUT2D eigenvalue weighted by Gasteiger charge is -2.18. The highest BCUT2D eigenvalue weighted by Crippen LogP contribution is 2.29. The van der Waals surface area contributed by atoms with Crippen molar-refractivity contribution in [3.8, 4) is 0 Å². The molecule has 0 radical (unpaired) electrons. The number of ether oxygens (including phenoxy) is 1. The van der Waals surface area contributed by atoms with Gasteiger partial charge in [-0.3, -0.25) is 9.59 Å². The molecule has 5 heteroatoms. The lowest BCUT2D eigenvalue weighted by Crippen LogP contribution is -2.31. The Hall–Kier alpha value is -1.10. The summed E-state index contributed by atoms with van der Waals surface area (Å²) in [5.41, 5.74) is -0.697. The number of esters is 1. The Balaban J connectivity index is 2.66. The Kier molecular flexibility index (Phi) is 2.56.